The van der Waals surface area contributed by atoms with E-state index < -0.39 is 0 Å². The van der Waals surface area contributed by atoms with E-state index >= 15 is 0 Å². The van der Waals surface area contributed by atoms with E-state index in [1.54, 1.807) is 11.1 Å². The molecular weight excluding hydrogens is 802 g/mol. The van der Waals surface area contributed by atoms with Gasteiger partial charge in [-0.05, 0) is 201 Å². The Kier molecular flexibility index (Phi) is 7.67. The molecule has 15 rings (SSSR count). The molecule has 318 valence electrons. The Morgan fingerprint density at radius 3 is 1.24 bits per heavy atom. The summed E-state index contributed by atoms with van der Waals surface area (Å²) in [5, 5.41) is 0. The second-order valence-electron chi connectivity index (χ2n) is 20.7. The first-order valence-corrected chi connectivity index (χ1v) is 24.7. The van der Waals surface area contributed by atoms with Crippen molar-refractivity contribution in [3.63, 3.8) is 0 Å². The minimum absolute atomic E-state index is 0.0103. The van der Waals surface area contributed by atoms with Crippen LogP contribution in [0.4, 0.5) is 34.1 Å². The van der Waals surface area contributed by atoms with Gasteiger partial charge in [-0.1, -0.05) is 77.6 Å². The lowest BCUT2D eigenvalue weighted by molar-refractivity contribution is 0.487. The van der Waals surface area contributed by atoms with Gasteiger partial charge in [0.25, 0.3) is 13.4 Å². The van der Waals surface area contributed by atoms with Crippen LogP contribution in [0.5, 0.6) is 23.0 Å². The summed E-state index contributed by atoms with van der Waals surface area (Å²) in [5.41, 5.74) is 32.0. The molecule has 2 fully saturated rings. The van der Waals surface area contributed by atoms with E-state index in [4.69, 9.17) is 9.47 Å². The number of rotatable bonds is 0. The van der Waals surface area contributed by atoms with Crippen LogP contribution in [0.2, 0.25) is 0 Å². The third-order valence-electron chi connectivity index (χ3n) is 16.5. The zero-order valence-corrected chi connectivity index (χ0v) is 38.3. The lowest BCUT2D eigenvalue weighted by Crippen LogP contribution is -2.64. The summed E-state index contributed by atoms with van der Waals surface area (Å²) in [6.45, 7) is 8.87. The number of benzene rings is 7. The molecule has 6 heteroatoms. The Bertz CT molecular complexity index is 3230. The van der Waals surface area contributed by atoms with Gasteiger partial charge in [0.05, 0.1) is 22.7 Å². The van der Waals surface area contributed by atoms with Gasteiger partial charge in [0, 0.05) is 33.6 Å². The number of anilines is 6. The highest BCUT2D eigenvalue weighted by Gasteiger charge is 2.50. The molecule has 0 radical (unpaired) electrons. The SMILES string of the molecule is Cc1ccc2c(c1)Oc1ccc3c4c1B2c1cc2c(cc1N4c1ccc(C)cc1C3=C1CCCCC1)N1c3ccc(C)cc3C(=C3CCCCC3)c3ccc4c(c31)B2c1ccc(C)cc1O4. The number of ether oxygens (including phenoxy) is 2. The molecule has 0 amide bonds. The van der Waals surface area contributed by atoms with Crippen molar-refractivity contribution in [3.05, 3.63) is 165 Å². The highest BCUT2D eigenvalue weighted by atomic mass is 16.5. The van der Waals surface area contributed by atoms with Crippen molar-refractivity contribution >= 4 is 91.5 Å². The smallest absolute Gasteiger partial charge is 0.256 e. The Balaban J connectivity index is 1.08. The van der Waals surface area contributed by atoms with Gasteiger partial charge in [0.2, 0.25) is 0 Å². The van der Waals surface area contributed by atoms with Crippen molar-refractivity contribution in [1.82, 2.24) is 0 Å². The van der Waals surface area contributed by atoms with Crippen LogP contribution in [0.25, 0.3) is 11.1 Å². The number of hydrogen-bond acceptors (Lipinski definition) is 4. The van der Waals surface area contributed by atoms with Crippen LogP contribution in [0.1, 0.15) is 109 Å². The molecular formula is C60H50B2N2O2. The van der Waals surface area contributed by atoms with Crippen LogP contribution in [0.3, 0.4) is 0 Å². The number of allylic oxidation sites excluding steroid dienone is 2. The van der Waals surface area contributed by atoms with E-state index in [1.165, 1.54) is 161 Å². The molecule has 0 saturated heterocycles. The van der Waals surface area contributed by atoms with Crippen molar-refractivity contribution < 1.29 is 9.47 Å². The molecule has 4 nitrogen and oxygen atoms in total. The van der Waals surface area contributed by atoms with E-state index in [0.717, 1.165) is 48.7 Å². The van der Waals surface area contributed by atoms with Crippen LogP contribution in [-0.4, -0.2) is 13.4 Å². The Morgan fingerprint density at radius 1 is 0.364 bits per heavy atom. The summed E-state index contributed by atoms with van der Waals surface area (Å²) in [4.78, 5) is 5.32. The fourth-order valence-electron chi connectivity index (χ4n) is 13.7. The maximum Gasteiger partial charge on any atom is 0.256 e. The summed E-state index contributed by atoms with van der Waals surface area (Å²) in [6, 6.07) is 42.9. The number of nitrogens with zero attached hydrogens (tertiary/aromatic N) is 2. The van der Waals surface area contributed by atoms with Crippen molar-refractivity contribution in [1.29, 1.82) is 0 Å². The summed E-state index contributed by atoms with van der Waals surface area (Å²) in [7, 11) is 0. The predicted molar refractivity (Wildman–Crippen MR) is 275 cm³/mol. The minimum atomic E-state index is -0.0103. The molecule has 0 unspecified atom stereocenters. The zero-order chi connectivity index (χ0) is 43.7. The fourth-order valence-corrected chi connectivity index (χ4v) is 13.7. The first-order valence-electron chi connectivity index (χ1n) is 24.7. The van der Waals surface area contributed by atoms with Crippen molar-refractivity contribution in [2.75, 3.05) is 9.80 Å². The van der Waals surface area contributed by atoms with E-state index in [0.29, 0.717) is 0 Å². The molecule has 2 saturated carbocycles. The molecule has 8 aliphatic rings. The van der Waals surface area contributed by atoms with Crippen molar-refractivity contribution in [2.45, 2.75) is 91.9 Å². The summed E-state index contributed by atoms with van der Waals surface area (Å²) < 4.78 is 14.1. The first-order chi connectivity index (χ1) is 32.4. The lowest BCUT2D eigenvalue weighted by atomic mass is 9.30. The number of hydrogen-bond donors (Lipinski definition) is 0. The average molecular weight is 853 g/mol. The molecule has 66 heavy (non-hydrogen) atoms. The zero-order valence-electron chi connectivity index (χ0n) is 38.3. The molecule has 2 aliphatic carbocycles. The highest BCUT2D eigenvalue weighted by molar-refractivity contribution is 7.02. The molecule has 0 bridgehead atoms. The standard InChI is InChI=1S/C60H50B2N2O2/c1-33-17-23-47-41(27-33)55(37-11-7-5-8-12-37)39-19-25-51-57-59(39)63(47)49-32-50-46(31-45(49)61(57)43-21-15-35(3)29-53(43)65-51)62-44-22-16-36(4)30-54(44)66-52-26-20-40-56(38-13-9-6-10-14-38)42-28-34(2)18-24-48(42)64(50)60(40)58(52)62/h15-32H,5-14H2,1-4H3. The van der Waals surface area contributed by atoms with E-state index in [9.17, 15) is 0 Å². The maximum absolute atomic E-state index is 7.06. The van der Waals surface area contributed by atoms with Crippen molar-refractivity contribution in [2.24, 2.45) is 0 Å². The van der Waals surface area contributed by atoms with Gasteiger partial charge in [-0.15, -0.1) is 0 Å². The van der Waals surface area contributed by atoms with Gasteiger partial charge in [-0.3, -0.25) is 0 Å². The lowest BCUT2D eigenvalue weighted by Gasteiger charge is -2.48. The van der Waals surface area contributed by atoms with Gasteiger partial charge >= 0.3 is 0 Å². The molecule has 0 N–H and O–H groups in total. The molecule has 0 aromatic heterocycles. The summed E-state index contributed by atoms with van der Waals surface area (Å²) in [5.74, 6) is 3.88. The second kappa shape index (κ2) is 13.5. The molecule has 6 aliphatic heterocycles. The van der Waals surface area contributed by atoms with Crippen LogP contribution in [-0.2, 0) is 0 Å². The van der Waals surface area contributed by atoms with Crippen LogP contribution in [0, 0.1) is 27.7 Å². The normalized spacial score (nSPS) is 17.4. The van der Waals surface area contributed by atoms with Gasteiger partial charge in [0.15, 0.2) is 0 Å². The Morgan fingerprint density at radius 2 is 0.788 bits per heavy atom. The maximum atomic E-state index is 7.06. The molecule has 7 aromatic carbocycles. The largest absolute Gasteiger partial charge is 0.458 e. The third kappa shape index (κ3) is 4.97. The van der Waals surface area contributed by atoms with Gasteiger partial charge in [-0.25, -0.2) is 0 Å². The van der Waals surface area contributed by atoms with Crippen LogP contribution < -0.4 is 52.1 Å². The molecule has 7 aromatic rings. The summed E-state index contributed by atoms with van der Waals surface area (Å²) in [6.07, 6.45) is 12.3. The predicted octanol–water partition coefficient (Wildman–Crippen LogP) is 11.9. The third-order valence-corrected chi connectivity index (χ3v) is 16.5. The molecule has 0 atom stereocenters. The number of aryl methyl sites for hydroxylation is 4. The first kappa shape index (κ1) is 37.6. The monoisotopic (exact) mass is 852 g/mol. The van der Waals surface area contributed by atoms with Gasteiger partial charge < -0.3 is 19.3 Å². The number of fused-ring (bicyclic) bond motifs is 14. The molecule has 6 heterocycles. The average Bonchev–Trinajstić information content (AvgIpc) is 3.33. The van der Waals surface area contributed by atoms with Gasteiger partial charge in [-0.2, -0.15) is 0 Å². The van der Waals surface area contributed by atoms with E-state index in [1.807, 2.05) is 0 Å². The topological polar surface area (TPSA) is 24.9 Å². The Hall–Kier alpha value is -6.65. The van der Waals surface area contributed by atoms with E-state index in [-0.39, 0.29) is 13.4 Å². The molecule has 0 spiro atoms. The van der Waals surface area contributed by atoms with Gasteiger partial charge in [0.1, 0.15) is 23.0 Å². The van der Waals surface area contributed by atoms with E-state index in [2.05, 4.69) is 147 Å². The quantitative estimate of drug-likeness (QED) is 0.142. The van der Waals surface area contributed by atoms with Crippen molar-refractivity contribution in [3.8, 4) is 23.0 Å². The van der Waals surface area contributed by atoms with Crippen LogP contribution >= 0.6 is 0 Å². The minimum Gasteiger partial charge on any atom is -0.458 e. The highest BCUT2D eigenvalue weighted by Crippen LogP contribution is 2.57. The van der Waals surface area contributed by atoms with Crippen LogP contribution in [0.15, 0.2) is 120 Å². The fraction of sp³-hybridized carbons (Fsp3) is 0.233. The second-order valence-corrected chi connectivity index (χ2v) is 20.7. The Labute approximate surface area is 388 Å². The summed E-state index contributed by atoms with van der Waals surface area (Å²) >= 11 is 0.